The molecule has 0 bridgehead atoms. The number of nitrogens with zero attached hydrogens (tertiary/aromatic N) is 1. The highest BCUT2D eigenvalue weighted by Crippen LogP contribution is 2.30. The van der Waals surface area contributed by atoms with Gasteiger partial charge in [-0.2, -0.15) is 5.10 Å². The van der Waals surface area contributed by atoms with Crippen molar-refractivity contribution in [3.63, 3.8) is 0 Å². The lowest BCUT2D eigenvalue weighted by Crippen LogP contribution is -2.23. The van der Waals surface area contributed by atoms with Gasteiger partial charge in [-0.15, -0.1) is 0 Å². The second kappa shape index (κ2) is 11.5. The van der Waals surface area contributed by atoms with Crippen molar-refractivity contribution in [2.45, 2.75) is 6.92 Å². The first-order chi connectivity index (χ1) is 15.5. The molecule has 0 heterocycles. The Hall–Kier alpha value is -3.13. The first-order valence-electron chi connectivity index (χ1n) is 9.55. The summed E-state index contributed by atoms with van der Waals surface area (Å²) in [6, 6.07) is 19.1. The molecular formula is C23H19Cl2N3O3S. The lowest BCUT2D eigenvalue weighted by molar-refractivity contribution is 0.0728. The summed E-state index contributed by atoms with van der Waals surface area (Å²) in [7, 11) is 0. The summed E-state index contributed by atoms with van der Waals surface area (Å²) in [5.74, 6) is 0.0298. The second-order valence-electron chi connectivity index (χ2n) is 6.34. The van der Waals surface area contributed by atoms with Gasteiger partial charge in [0, 0.05) is 10.7 Å². The van der Waals surface area contributed by atoms with E-state index in [2.05, 4.69) is 15.8 Å². The van der Waals surface area contributed by atoms with Crippen molar-refractivity contribution < 1.29 is 14.3 Å². The zero-order chi connectivity index (χ0) is 22.9. The van der Waals surface area contributed by atoms with E-state index in [1.54, 1.807) is 30.5 Å². The highest BCUT2D eigenvalue weighted by Gasteiger charge is 2.16. The fraction of sp³-hybridized carbons (Fsp3) is 0.0870. The maximum Gasteiger partial charge on any atom is 0.345 e. The average molecular weight is 488 g/mol. The SMILES string of the molecule is CCOc1cc(/C=N/NC(=S)Nc2ccccc2)ccc1OC(=O)c1ccc(Cl)cc1Cl. The molecule has 0 atom stereocenters. The van der Waals surface area contributed by atoms with Crippen LogP contribution in [0.4, 0.5) is 5.69 Å². The summed E-state index contributed by atoms with van der Waals surface area (Å²) in [5.41, 5.74) is 4.52. The molecule has 9 heteroatoms. The van der Waals surface area contributed by atoms with Crippen LogP contribution in [0.2, 0.25) is 10.0 Å². The Morgan fingerprint density at radius 2 is 1.84 bits per heavy atom. The lowest BCUT2D eigenvalue weighted by atomic mass is 10.2. The number of halogens is 2. The summed E-state index contributed by atoms with van der Waals surface area (Å²) in [6.07, 6.45) is 1.57. The minimum absolute atomic E-state index is 0.202. The summed E-state index contributed by atoms with van der Waals surface area (Å²) in [6.45, 7) is 2.22. The Bertz CT molecular complexity index is 1140. The average Bonchev–Trinajstić information content (AvgIpc) is 2.76. The Balaban J connectivity index is 1.67. The molecule has 0 aliphatic carbocycles. The molecule has 0 aliphatic heterocycles. The third-order valence-corrected chi connectivity index (χ3v) is 4.77. The van der Waals surface area contributed by atoms with E-state index in [0.29, 0.717) is 28.1 Å². The molecule has 0 saturated carbocycles. The summed E-state index contributed by atoms with van der Waals surface area (Å²) >= 11 is 17.2. The lowest BCUT2D eigenvalue weighted by Gasteiger charge is -2.12. The van der Waals surface area contributed by atoms with Crippen LogP contribution in [0.25, 0.3) is 0 Å². The smallest absolute Gasteiger partial charge is 0.345 e. The highest BCUT2D eigenvalue weighted by molar-refractivity contribution is 7.80. The first-order valence-corrected chi connectivity index (χ1v) is 10.7. The van der Waals surface area contributed by atoms with Gasteiger partial charge >= 0.3 is 5.97 Å². The Morgan fingerprint density at radius 3 is 2.56 bits per heavy atom. The van der Waals surface area contributed by atoms with E-state index >= 15 is 0 Å². The van der Waals surface area contributed by atoms with Crippen molar-refractivity contribution in [2.24, 2.45) is 5.10 Å². The number of hydrogen-bond acceptors (Lipinski definition) is 5. The van der Waals surface area contributed by atoms with Crippen molar-refractivity contribution in [3.05, 3.63) is 87.9 Å². The second-order valence-corrected chi connectivity index (χ2v) is 7.59. The quantitative estimate of drug-likeness (QED) is 0.141. The van der Waals surface area contributed by atoms with Crippen molar-refractivity contribution >= 4 is 58.4 Å². The molecule has 0 saturated heterocycles. The molecule has 0 unspecified atom stereocenters. The van der Waals surface area contributed by atoms with E-state index in [0.717, 1.165) is 5.69 Å². The van der Waals surface area contributed by atoms with Crippen LogP contribution in [0.15, 0.2) is 71.8 Å². The number of carbonyl (C=O) groups excluding carboxylic acids is 1. The van der Waals surface area contributed by atoms with E-state index in [1.165, 1.54) is 12.1 Å². The Labute approximate surface area is 201 Å². The maximum absolute atomic E-state index is 12.5. The number of esters is 1. The first kappa shape index (κ1) is 23.5. The number of ether oxygens (including phenoxy) is 2. The van der Waals surface area contributed by atoms with Gasteiger partial charge in [-0.05, 0) is 73.2 Å². The van der Waals surface area contributed by atoms with Gasteiger partial charge in [-0.1, -0.05) is 41.4 Å². The zero-order valence-corrected chi connectivity index (χ0v) is 19.3. The van der Waals surface area contributed by atoms with E-state index in [-0.39, 0.29) is 16.3 Å². The molecule has 0 amide bonds. The minimum atomic E-state index is -0.618. The molecular weight excluding hydrogens is 469 g/mol. The van der Waals surface area contributed by atoms with E-state index in [4.69, 9.17) is 44.9 Å². The van der Waals surface area contributed by atoms with Gasteiger partial charge in [0.15, 0.2) is 16.6 Å². The van der Waals surface area contributed by atoms with Crippen LogP contribution in [0.5, 0.6) is 11.5 Å². The molecule has 0 aliphatic rings. The van der Waals surface area contributed by atoms with E-state index in [9.17, 15) is 4.79 Å². The molecule has 3 aromatic carbocycles. The molecule has 32 heavy (non-hydrogen) atoms. The number of thiocarbonyl (C=S) groups is 1. The highest BCUT2D eigenvalue weighted by atomic mass is 35.5. The van der Waals surface area contributed by atoms with Crippen LogP contribution in [-0.4, -0.2) is 23.9 Å². The van der Waals surface area contributed by atoms with E-state index < -0.39 is 5.97 Å². The molecule has 0 fully saturated rings. The van der Waals surface area contributed by atoms with Crippen molar-refractivity contribution in [2.75, 3.05) is 11.9 Å². The summed E-state index contributed by atoms with van der Waals surface area (Å²) < 4.78 is 11.1. The predicted molar refractivity (Wildman–Crippen MR) is 132 cm³/mol. The van der Waals surface area contributed by atoms with Gasteiger partial charge in [0.25, 0.3) is 0 Å². The topological polar surface area (TPSA) is 71.9 Å². The maximum atomic E-state index is 12.5. The molecule has 0 radical (unpaired) electrons. The Morgan fingerprint density at radius 1 is 1.06 bits per heavy atom. The van der Waals surface area contributed by atoms with Crippen LogP contribution in [-0.2, 0) is 0 Å². The van der Waals surface area contributed by atoms with Gasteiger partial charge in [-0.3, -0.25) is 5.43 Å². The number of hydrazone groups is 1. The van der Waals surface area contributed by atoms with Gasteiger partial charge in [0.1, 0.15) is 0 Å². The van der Waals surface area contributed by atoms with Gasteiger partial charge < -0.3 is 14.8 Å². The van der Waals surface area contributed by atoms with Gasteiger partial charge in [0.2, 0.25) is 0 Å². The molecule has 164 valence electrons. The molecule has 6 nitrogen and oxygen atoms in total. The van der Waals surface area contributed by atoms with Crippen molar-refractivity contribution in [1.82, 2.24) is 5.43 Å². The monoisotopic (exact) mass is 487 g/mol. The predicted octanol–water partition coefficient (Wildman–Crippen LogP) is 5.93. The number of para-hydroxylation sites is 1. The van der Waals surface area contributed by atoms with Crippen LogP contribution in [0.1, 0.15) is 22.8 Å². The minimum Gasteiger partial charge on any atom is -0.490 e. The number of nitrogens with one attached hydrogen (secondary N) is 2. The molecule has 2 N–H and O–H groups in total. The fourth-order valence-electron chi connectivity index (χ4n) is 2.61. The summed E-state index contributed by atoms with van der Waals surface area (Å²) in [4.78, 5) is 12.5. The van der Waals surface area contributed by atoms with Crippen LogP contribution >= 0.6 is 35.4 Å². The number of carbonyl (C=O) groups is 1. The number of hydrogen-bond donors (Lipinski definition) is 2. The number of benzene rings is 3. The largest absolute Gasteiger partial charge is 0.490 e. The number of rotatable bonds is 7. The van der Waals surface area contributed by atoms with Crippen LogP contribution in [0.3, 0.4) is 0 Å². The third kappa shape index (κ3) is 6.68. The van der Waals surface area contributed by atoms with Crippen LogP contribution in [0, 0.1) is 0 Å². The van der Waals surface area contributed by atoms with Gasteiger partial charge in [-0.25, -0.2) is 4.79 Å². The van der Waals surface area contributed by atoms with Crippen molar-refractivity contribution in [1.29, 1.82) is 0 Å². The van der Waals surface area contributed by atoms with Crippen LogP contribution < -0.4 is 20.2 Å². The Kier molecular flexibility index (Phi) is 8.44. The standard InChI is InChI=1S/C23H19Cl2N3O3S/c1-2-30-21-12-15(14-26-28-23(32)27-17-6-4-3-5-7-17)8-11-20(21)31-22(29)18-10-9-16(24)13-19(18)25/h3-14H,2H2,1H3,(H2,27,28,32)/b26-14+. The third-order valence-electron chi connectivity index (χ3n) is 4.03. The number of anilines is 1. The zero-order valence-electron chi connectivity index (χ0n) is 17.0. The van der Waals surface area contributed by atoms with E-state index in [1.807, 2.05) is 37.3 Å². The normalized spacial score (nSPS) is 10.6. The van der Waals surface area contributed by atoms with Gasteiger partial charge in [0.05, 0.1) is 23.4 Å². The summed E-state index contributed by atoms with van der Waals surface area (Å²) in [5, 5.41) is 8.13. The molecule has 3 aromatic rings. The molecule has 0 spiro atoms. The fourth-order valence-corrected chi connectivity index (χ4v) is 3.27. The molecule has 0 aromatic heterocycles. The molecule has 3 rings (SSSR count). The van der Waals surface area contributed by atoms with Crippen molar-refractivity contribution in [3.8, 4) is 11.5 Å².